The van der Waals surface area contributed by atoms with Crippen molar-refractivity contribution >= 4 is 73.1 Å². The highest BCUT2D eigenvalue weighted by Gasteiger charge is 2.34. The lowest BCUT2D eigenvalue weighted by Crippen LogP contribution is -2.14. The molecule has 0 aromatic heterocycles. The number of amides is 1. The molecule has 0 atom stereocenters. The van der Waals surface area contributed by atoms with Gasteiger partial charge in [-0.15, -0.1) is 0 Å². The zero-order valence-electron chi connectivity index (χ0n) is 23.1. The van der Waals surface area contributed by atoms with E-state index in [9.17, 15) is 14.7 Å². The van der Waals surface area contributed by atoms with Gasteiger partial charge in [-0.2, -0.15) is 0 Å². The van der Waals surface area contributed by atoms with Crippen molar-refractivity contribution in [2.75, 3.05) is 13.7 Å². The first-order valence-electron chi connectivity index (χ1n) is 13.2. The van der Waals surface area contributed by atoms with Crippen molar-refractivity contribution in [2.45, 2.75) is 13.5 Å². The third kappa shape index (κ3) is 6.64. The first-order valence-corrected chi connectivity index (χ1v) is 15.1. The van der Waals surface area contributed by atoms with Crippen molar-refractivity contribution in [3.63, 3.8) is 0 Å². The number of hydrogen-bond acceptors (Lipinski definition) is 7. The molecule has 0 unspecified atom stereocenters. The Morgan fingerprint density at radius 2 is 1.79 bits per heavy atom. The van der Waals surface area contributed by atoms with E-state index in [-0.39, 0.29) is 33.6 Å². The monoisotopic (exact) mass is 677 g/mol. The van der Waals surface area contributed by atoms with Gasteiger partial charge in [0.2, 0.25) is 0 Å². The summed E-state index contributed by atoms with van der Waals surface area (Å²) in [5, 5.41) is 13.5. The maximum atomic E-state index is 12.9. The van der Waals surface area contributed by atoms with Crippen LogP contribution < -0.4 is 9.47 Å². The molecule has 4 aromatic rings. The van der Waals surface area contributed by atoms with Crippen LogP contribution in [0.3, 0.4) is 0 Å². The standard InChI is InChI=1S/C33H25BrClNO6S/c1-3-41-33(39)28-29(37)27(43-32(28)36-31(38)23-13-6-7-14-25(23)35)17-19-15-24(34)30(26(16-19)40-2)42-18-21-11-8-10-20-9-4-5-12-22(20)21/h4-17,37H,3,18H2,1-2H3/b27-17-,36-32?. The number of thioether (sulfide) groups is 1. The van der Waals surface area contributed by atoms with Crippen molar-refractivity contribution in [1.82, 2.24) is 0 Å². The molecule has 7 nitrogen and oxygen atoms in total. The van der Waals surface area contributed by atoms with Gasteiger partial charge in [0.25, 0.3) is 5.91 Å². The number of benzene rings is 4. The van der Waals surface area contributed by atoms with E-state index in [0.717, 1.165) is 28.1 Å². The number of halogens is 2. The average Bonchev–Trinajstić information content (AvgIpc) is 3.30. The van der Waals surface area contributed by atoms with Crippen LogP contribution in [0.5, 0.6) is 11.5 Å². The number of nitrogens with zero attached hydrogens (tertiary/aromatic N) is 1. The number of ether oxygens (including phenoxy) is 3. The van der Waals surface area contributed by atoms with E-state index in [1.54, 1.807) is 43.3 Å². The van der Waals surface area contributed by atoms with E-state index in [1.807, 2.05) is 24.3 Å². The van der Waals surface area contributed by atoms with Crippen LogP contribution in [0, 0.1) is 0 Å². The summed E-state index contributed by atoms with van der Waals surface area (Å²) in [5.74, 6) is -0.823. The smallest absolute Gasteiger partial charge is 0.344 e. The zero-order chi connectivity index (χ0) is 30.5. The number of aliphatic hydroxyl groups is 1. The second-order valence-electron chi connectivity index (χ2n) is 9.22. The van der Waals surface area contributed by atoms with Crippen molar-refractivity contribution in [1.29, 1.82) is 0 Å². The van der Waals surface area contributed by atoms with E-state index in [4.69, 9.17) is 25.8 Å². The number of aliphatic hydroxyl groups excluding tert-OH is 1. The van der Waals surface area contributed by atoms with E-state index in [1.165, 1.54) is 13.2 Å². The van der Waals surface area contributed by atoms with Gasteiger partial charge in [-0.05, 0) is 75.1 Å². The number of aliphatic imine (C=N–C) groups is 1. The fourth-order valence-corrected chi connectivity index (χ4v) is 6.27. The van der Waals surface area contributed by atoms with Gasteiger partial charge in [-0.25, -0.2) is 9.79 Å². The minimum absolute atomic E-state index is 0.00758. The van der Waals surface area contributed by atoms with Crippen LogP contribution >= 0.6 is 39.3 Å². The number of carbonyl (C=O) groups excluding carboxylic acids is 2. The Hall–Kier alpha value is -4.05. The van der Waals surface area contributed by atoms with Crippen molar-refractivity contribution < 1.29 is 28.9 Å². The van der Waals surface area contributed by atoms with Gasteiger partial charge in [0.1, 0.15) is 23.0 Å². The lowest BCUT2D eigenvalue weighted by molar-refractivity contribution is -0.138. The Morgan fingerprint density at radius 3 is 2.56 bits per heavy atom. The van der Waals surface area contributed by atoms with Gasteiger partial charge in [-0.1, -0.05) is 78.0 Å². The molecule has 218 valence electrons. The maximum Gasteiger partial charge on any atom is 0.344 e. The summed E-state index contributed by atoms with van der Waals surface area (Å²) in [4.78, 5) is 30.1. The topological polar surface area (TPSA) is 94.4 Å². The van der Waals surface area contributed by atoms with E-state index >= 15 is 0 Å². The van der Waals surface area contributed by atoms with Crippen LogP contribution in [0.1, 0.15) is 28.4 Å². The Bertz CT molecular complexity index is 1830. The molecule has 1 aliphatic heterocycles. The van der Waals surface area contributed by atoms with Crippen molar-refractivity contribution in [3.8, 4) is 11.5 Å². The van der Waals surface area contributed by atoms with E-state index in [2.05, 4.69) is 39.1 Å². The zero-order valence-corrected chi connectivity index (χ0v) is 26.3. The van der Waals surface area contributed by atoms with Crippen LogP contribution in [0.2, 0.25) is 5.02 Å². The summed E-state index contributed by atoms with van der Waals surface area (Å²) in [6.45, 7) is 2.04. The molecule has 4 aromatic carbocycles. The molecule has 0 radical (unpaired) electrons. The third-order valence-corrected chi connectivity index (χ3v) is 8.42. The molecule has 10 heteroatoms. The van der Waals surface area contributed by atoms with Crippen LogP contribution in [-0.2, 0) is 16.1 Å². The van der Waals surface area contributed by atoms with Gasteiger partial charge in [0.15, 0.2) is 11.5 Å². The molecule has 1 amide bonds. The van der Waals surface area contributed by atoms with E-state index < -0.39 is 11.9 Å². The van der Waals surface area contributed by atoms with Gasteiger partial charge < -0.3 is 19.3 Å². The number of methoxy groups -OCH3 is 1. The summed E-state index contributed by atoms with van der Waals surface area (Å²) in [5.41, 5.74) is 1.64. The number of rotatable bonds is 8. The molecule has 1 aliphatic rings. The summed E-state index contributed by atoms with van der Waals surface area (Å²) >= 11 is 10.7. The normalized spacial score (nSPS) is 14.9. The first-order chi connectivity index (χ1) is 20.8. The van der Waals surface area contributed by atoms with Crippen molar-refractivity contribution in [3.05, 3.63) is 121 Å². The number of fused-ring (bicyclic) bond motifs is 1. The van der Waals surface area contributed by atoms with Gasteiger partial charge in [0.05, 0.1) is 33.7 Å². The lowest BCUT2D eigenvalue weighted by atomic mass is 10.1. The Labute approximate surface area is 266 Å². The molecule has 1 N–H and O–H groups in total. The Morgan fingerprint density at radius 1 is 1.05 bits per heavy atom. The molecule has 0 bridgehead atoms. The summed E-state index contributed by atoms with van der Waals surface area (Å²) in [7, 11) is 1.54. The molecule has 0 saturated heterocycles. The highest BCUT2D eigenvalue weighted by molar-refractivity contribution is 9.10. The largest absolute Gasteiger partial charge is 0.506 e. The minimum atomic E-state index is -0.794. The minimum Gasteiger partial charge on any atom is -0.506 e. The fraction of sp³-hybridized carbons (Fsp3) is 0.121. The highest BCUT2D eigenvalue weighted by Crippen LogP contribution is 2.42. The highest BCUT2D eigenvalue weighted by atomic mass is 79.9. The van der Waals surface area contributed by atoms with Crippen LogP contribution in [0.15, 0.2) is 105 Å². The van der Waals surface area contributed by atoms with Gasteiger partial charge in [0, 0.05) is 0 Å². The molecular weight excluding hydrogens is 654 g/mol. The number of carbonyl (C=O) groups is 2. The summed E-state index contributed by atoms with van der Waals surface area (Å²) in [6, 6.07) is 24.2. The molecule has 0 spiro atoms. The predicted molar refractivity (Wildman–Crippen MR) is 174 cm³/mol. The second kappa shape index (κ2) is 13.5. The van der Waals surface area contributed by atoms with Gasteiger partial charge in [-0.3, -0.25) is 4.79 Å². The molecule has 43 heavy (non-hydrogen) atoms. The molecule has 0 fully saturated rings. The van der Waals surface area contributed by atoms with Crippen LogP contribution in [0.25, 0.3) is 16.8 Å². The summed E-state index contributed by atoms with van der Waals surface area (Å²) < 4.78 is 17.6. The molecule has 5 rings (SSSR count). The fourth-order valence-electron chi connectivity index (χ4n) is 4.46. The molecular formula is C33H25BrClNO6S. The lowest BCUT2D eigenvalue weighted by Gasteiger charge is -2.15. The number of esters is 1. The average molecular weight is 679 g/mol. The van der Waals surface area contributed by atoms with Crippen molar-refractivity contribution in [2.24, 2.45) is 4.99 Å². The van der Waals surface area contributed by atoms with E-state index in [0.29, 0.717) is 33.0 Å². The predicted octanol–water partition coefficient (Wildman–Crippen LogP) is 8.55. The molecule has 0 aliphatic carbocycles. The second-order valence-corrected chi connectivity index (χ2v) is 11.5. The Balaban J connectivity index is 1.46. The summed E-state index contributed by atoms with van der Waals surface area (Å²) in [6.07, 6.45) is 1.66. The van der Waals surface area contributed by atoms with Crippen LogP contribution in [-0.4, -0.2) is 35.7 Å². The van der Waals surface area contributed by atoms with Gasteiger partial charge >= 0.3 is 5.97 Å². The quantitative estimate of drug-likeness (QED) is 0.187. The molecule has 0 saturated carbocycles. The number of hydrogen-bond donors (Lipinski definition) is 1. The van der Waals surface area contributed by atoms with Crippen LogP contribution in [0.4, 0.5) is 0 Å². The molecule has 1 heterocycles. The Kier molecular flexibility index (Phi) is 9.55. The SMILES string of the molecule is CCOC(=O)C1=C(O)/C(=C/c2cc(Br)c(OCc3cccc4ccccc34)c(OC)c2)SC1=NC(=O)c1ccccc1Cl. The maximum absolute atomic E-state index is 12.9. The third-order valence-electron chi connectivity index (χ3n) is 6.48. The first kappa shape index (κ1) is 30.4.